The molecular formula is C20H27N3O3. The summed E-state index contributed by atoms with van der Waals surface area (Å²) >= 11 is 0. The fraction of sp³-hybridized carbons (Fsp3) is 0.550. The largest absolute Gasteiger partial charge is 0.350 e. The number of hydrogen-bond donors (Lipinski definition) is 2. The van der Waals surface area contributed by atoms with Crippen LogP contribution in [0.2, 0.25) is 0 Å². The molecule has 2 N–H and O–H groups in total. The first-order valence-electron chi connectivity index (χ1n) is 9.40. The number of urea groups is 1. The third kappa shape index (κ3) is 3.74. The molecule has 1 aliphatic carbocycles. The summed E-state index contributed by atoms with van der Waals surface area (Å²) in [6.45, 7) is 4.30. The van der Waals surface area contributed by atoms with Crippen LogP contribution in [0.3, 0.4) is 0 Å². The summed E-state index contributed by atoms with van der Waals surface area (Å²) in [6, 6.07) is 7.41. The number of hydrogen-bond acceptors (Lipinski definition) is 3. The van der Waals surface area contributed by atoms with Crippen molar-refractivity contribution in [2.45, 2.75) is 58.0 Å². The highest BCUT2D eigenvalue weighted by atomic mass is 16.2. The molecule has 140 valence electrons. The number of carbonyl (C=O) groups is 3. The number of carbonyl (C=O) groups excluding carboxylic acids is 3. The zero-order valence-electron chi connectivity index (χ0n) is 15.5. The topological polar surface area (TPSA) is 78.5 Å². The molecule has 1 saturated heterocycles. The Balaban J connectivity index is 1.57. The third-order valence-electron chi connectivity index (χ3n) is 5.66. The molecule has 2 fully saturated rings. The molecule has 0 radical (unpaired) electrons. The molecule has 0 aromatic heterocycles. The van der Waals surface area contributed by atoms with Crippen molar-refractivity contribution in [2.24, 2.45) is 5.92 Å². The lowest BCUT2D eigenvalue weighted by Crippen LogP contribution is -2.50. The molecule has 2 aliphatic rings. The molecule has 0 bridgehead atoms. The van der Waals surface area contributed by atoms with E-state index in [-0.39, 0.29) is 18.4 Å². The van der Waals surface area contributed by atoms with Gasteiger partial charge in [0.05, 0.1) is 0 Å². The fourth-order valence-corrected chi connectivity index (χ4v) is 3.96. The van der Waals surface area contributed by atoms with Gasteiger partial charge in [-0.2, -0.15) is 0 Å². The van der Waals surface area contributed by atoms with E-state index in [0.717, 1.165) is 35.3 Å². The summed E-state index contributed by atoms with van der Waals surface area (Å²) in [5.74, 6) is 0.0501. The maximum atomic E-state index is 12.8. The van der Waals surface area contributed by atoms with Crippen molar-refractivity contribution >= 4 is 17.8 Å². The third-order valence-corrected chi connectivity index (χ3v) is 5.66. The molecule has 1 aromatic rings. The number of amides is 4. The van der Waals surface area contributed by atoms with Crippen LogP contribution in [-0.4, -0.2) is 34.8 Å². The predicted octanol–water partition coefficient (Wildman–Crippen LogP) is 2.50. The van der Waals surface area contributed by atoms with Crippen LogP contribution in [0.5, 0.6) is 0 Å². The molecule has 1 aliphatic heterocycles. The highest BCUT2D eigenvalue weighted by Crippen LogP contribution is 2.37. The lowest BCUT2D eigenvalue weighted by atomic mass is 9.75. The molecule has 6 nitrogen and oxygen atoms in total. The Morgan fingerprint density at radius 3 is 2.69 bits per heavy atom. The zero-order chi connectivity index (χ0) is 18.7. The zero-order valence-corrected chi connectivity index (χ0v) is 15.5. The van der Waals surface area contributed by atoms with Gasteiger partial charge >= 0.3 is 6.03 Å². The van der Waals surface area contributed by atoms with Crippen molar-refractivity contribution in [3.63, 3.8) is 0 Å². The molecule has 6 heteroatoms. The molecule has 1 heterocycles. The summed E-state index contributed by atoms with van der Waals surface area (Å²) in [6.07, 6.45) is 4.31. The van der Waals surface area contributed by atoms with E-state index in [0.29, 0.717) is 25.3 Å². The van der Waals surface area contributed by atoms with E-state index in [1.165, 1.54) is 0 Å². The summed E-state index contributed by atoms with van der Waals surface area (Å²) in [7, 11) is 0. The van der Waals surface area contributed by atoms with E-state index in [1.54, 1.807) is 0 Å². The number of imide groups is 1. The van der Waals surface area contributed by atoms with Gasteiger partial charge in [-0.05, 0) is 44.1 Å². The number of nitrogens with one attached hydrogen (secondary N) is 2. The second-order valence-electron chi connectivity index (χ2n) is 7.52. The van der Waals surface area contributed by atoms with Gasteiger partial charge in [-0.15, -0.1) is 0 Å². The Hall–Kier alpha value is -2.37. The van der Waals surface area contributed by atoms with E-state index in [1.807, 2.05) is 31.2 Å². The van der Waals surface area contributed by atoms with Gasteiger partial charge < -0.3 is 10.6 Å². The first kappa shape index (κ1) is 18.4. The van der Waals surface area contributed by atoms with E-state index in [9.17, 15) is 14.4 Å². The number of aryl methyl sites for hydroxylation is 1. The molecule has 4 amide bonds. The monoisotopic (exact) mass is 357 g/mol. The first-order valence-corrected chi connectivity index (χ1v) is 9.40. The van der Waals surface area contributed by atoms with E-state index < -0.39 is 11.6 Å². The smallest absolute Gasteiger partial charge is 0.325 e. The van der Waals surface area contributed by atoms with Gasteiger partial charge in [0.1, 0.15) is 12.1 Å². The second-order valence-corrected chi connectivity index (χ2v) is 7.52. The van der Waals surface area contributed by atoms with Crippen molar-refractivity contribution in [1.82, 2.24) is 15.5 Å². The van der Waals surface area contributed by atoms with Crippen LogP contribution in [0.25, 0.3) is 0 Å². The Labute approximate surface area is 154 Å². The second kappa shape index (κ2) is 7.48. The lowest BCUT2D eigenvalue weighted by molar-refractivity contribution is -0.136. The summed E-state index contributed by atoms with van der Waals surface area (Å²) in [5, 5.41) is 5.65. The standard InChI is InChI=1S/C20H27N3O3/c1-3-15-7-9-20(10-8-15)18(25)23(19(26)22-20)13-17(24)21-12-16-6-4-5-14(2)11-16/h4-6,11,15H,3,7-10,12-13H2,1-2H3,(H,21,24)(H,22,26). The lowest BCUT2D eigenvalue weighted by Gasteiger charge is -2.34. The molecule has 1 spiro atoms. The van der Waals surface area contributed by atoms with Gasteiger partial charge in [0, 0.05) is 6.54 Å². The maximum Gasteiger partial charge on any atom is 0.325 e. The van der Waals surface area contributed by atoms with Gasteiger partial charge in [0.25, 0.3) is 5.91 Å². The van der Waals surface area contributed by atoms with Crippen LogP contribution in [-0.2, 0) is 16.1 Å². The number of rotatable bonds is 5. The van der Waals surface area contributed by atoms with Crippen LogP contribution in [0.1, 0.15) is 50.2 Å². The van der Waals surface area contributed by atoms with E-state index in [2.05, 4.69) is 17.6 Å². The number of benzene rings is 1. The van der Waals surface area contributed by atoms with Gasteiger partial charge in [0.15, 0.2) is 0 Å². The average Bonchev–Trinajstić information content (AvgIpc) is 2.85. The minimum Gasteiger partial charge on any atom is -0.350 e. The van der Waals surface area contributed by atoms with E-state index in [4.69, 9.17) is 0 Å². The molecule has 3 rings (SSSR count). The molecule has 0 atom stereocenters. The first-order chi connectivity index (χ1) is 12.4. The maximum absolute atomic E-state index is 12.8. The van der Waals surface area contributed by atoms with Gasteiger partial charge in [-0.25, -0.2) is 4.79 Å². The van der Waals surface area contributed by atoms with Crippen LogP contribution in [0.4, 0.5) is 4.79 Å². The normalized spacial score (nSPS) is 25.5. The van der Waals surface area contributed by atoms with Crippen molar-refractivity contribution in [3.05, 3.63) is 35.4 Å². The minimum absolute atomic E-state index is 0.227. The Morgan fingerprint density at radius 2 is 2.04 bits per heavy atom. The van der Waals surface area contributed by atoms with Crippen molar-refractivity contribution in [1.29, 1.82) is 0 Å². The summed E-state index contributed by atoms with van der Waals surface area (Å²) in [5.41, 5.74) is 1.32. The van der Waals surface area contributed by atoms with Gasteiger partial charge in [-0.3, -0.25) is 14.5 Å². The van der Waals surface area contributed by atoms with Crippen molar-refractivity contribution < 1.29 is 14.4 Å². The van der Waals surface area contributed by atoms with Crippen molar-refractivity contribution in [3.8, 4) is 0 Å². The van der Waals surface area contributed by atoms with E-state index >= 15 is 0 Å². The molecule has 26 heavy (non-hydrogen) atoms. The van der Waals surface area contributed by atoms with Crippen molar-refractivity contribution in [2.75, 3.05) is 6.54 Å². The highest BCUT2D eigenvalue weighted by molar-refractivity contribution is 6.09. The predicted molar refractivity (Wildman–Crippen MR) is 98.3 cm³/mol. The SMILES string of the molecule is CCC1CCC2(CC1)NC(=O)N(CC(=O)NCc1cccc(C)c1)C2=O. The van der Waals surface area contributed by atoms with Crippen LogP contribution in [0.15, 0.2) is 24.3 Å². The average molecular weight is 357 g/mol. The van der Waals surface area contributed by atoms with Crippen LogP contribution >= 0.6 is 0 Å². The molecular weight excluding hydrogens is 330 g/mol. The minimum atomic E-state index is -0.792. The number of nitrogens with zero attached hydrogens (tertiary/aromatic N) is 1. The quantitative estimate of drug-likeness (QED) is 0.795. The summed E-state index contributed by atoms with van der Waals surface area (Å²) < 4.78 is 0. The molecule has 1 aromatic carbocycles. The van der Waals surface area contributed by atoms with Gasteiger partial charge in [-0.1, -0.05) is 43.2 Å². The summed E-state index contributed by atoms with van der Waals surface area (Å²) in [4.78, 5) is 38.4. The Bertz CT molecular complexity index is 708. The highest BCUT2D eigenvalue weighted by Gasteiger charge is 2.52. The van der Waals surface area contributed by atoms with Gasteiger partial charge in [0.2, 0.25) is 5.91 Å². The Kier molecular flexibility index (Phi) is 5.30. The Morgan fingerprint density at radius 1 is 1.31 bits per heavy atom. The fourth-order valence-electron chi connectivity index (χ4n) is 3.96. The van der Waals surface area contributed by atoms with Crippen LogP contribution < -0.4 is 10.6 Å². The molecule has 1 saturated carbocycles. The van der Waals surface area contributed by atoms with Crippen LogP contribution in [0, 0.1) is 12.8 Å². The molecule has 0 unspecified atom stereocenters.